The minimum atomic E-state index is 0.688. The van der Waals surface area contributed by atoms with Crippen LogP contribution in [0.2, 0.25) is 0 Å². The van der Waals surface area contributed by atoms with Gasteiger partial charge in [0.2, 0.25) is 0 Å². The zero-order valence-electron chi connectivity index (χ0n) is 19.7. The Hall–Kier alpha value is -3.35. The van der Waals surface area contributed by atoms with E-state index in [1.165, 1.54) is 42.4 Å². The average molecular weight is 444 g/mol. The highest BCUT2D eigenvalue weighted by Crippen LogP contribution is 2.18. The number of hydrogen-bond donors (Lipinski definition) is 1. The molecule has 0 saturated heterocycles. The van der Waals surface area contributed by atoms with E-state index >= 15 is 0 Å². The minimum absolute atomic E-state index is 0.688. The van der Waals surface area contributed by atoms with Gasteiger partial charge in [-0.05, 0) is 52.4 Å². The number of nitrogens with one attached hydrogen (secondary N) is 1. The van der Waals surface area contributed by atoms with Crippen molar-refractivity contribution >= 4 is 0 Å². The van der Waals surface area contributed by atoms with Crippen molar-refractivity contribution < 1.29 is 0 Å². The number of aromatic nitrogens is 7. The van der Waals surface area contributed by atoms with Gasteiger partial charge >= 0.3 is 0 Å². The smallest absolute Gasteiger partial charge is 0.179 e. The van der Waals surface area contributed by atoms with Crippen molar-refractivity contribution in [3.8, 4) is 11.4 Å². The molecule has 7 heteroatoms. The Kier molecular flexibility index (Phi) is 7.95. The van der Waals surface area contributed by atoms with Crippen molar-refractivity contribution in [3.05, 3.63) is 76.9 Å². The molecule has 2 aromatic heterocycles. The molecule has 1 N–H and O–H groups in total. The third kappa shape index (κ3) is 6.34. The number of unbranched alkanes of at least 4 members (excludes halogenated alkanes) is 3. The van der Waals surface area contributed by atoms with Crippen LogP contribution in [0.1, 0.15) is 74.3 Å². The van der Waals surface area contributed by atoms with Crippen LogP contribution >= 0.6 is 0 Å². The Balaban J connectivity index is 1.43. The number of tetrazole rings is 1. The van der Waals surface area contributed by atoms with E-state index in [-0.39, 0.29) is 0 Å². The van der Waals surface area contributed by atoms with Gasteiger partial charge in [0.25, 0.3) is 0 Å². The average Bonchev–Trinajstić information content (AvgIpc) is 3.50. The molecule has 0 fully saturated rings. The topological polar surface area (TPSA) is 85.2 Å². The van der Waals surface area contributed by atoms with Gasteiger partial charge in [0.15, 0.2) is 11.6 Å². The van der Waals surface area contributed by atoms with E-state index in [1.807, 2.05) is 12.1 Å². The summed E-state index contributed by atoms with van der Waals surface area (Å²) < 4.78 is 2.12. The summed E-state index contributed by atoms with van der Waals surface area (Å²) in [6.07, 6.45) is 8.76. The molecule has 7 nitrogen and oxygen atoms in total. The van der Waals surface area contributed by atoms with Gasteiger partial charge in [0.05, 0.1) is 6.54 Å². The maximum Gasteiger partial charge on any atom is 0.179 e. The summed E-state index contributed by atoms with van der Waals surface area (Å²) in [5.41, 5.74) is 4.75. The molecule has 0 aliphatic heterocycles. The van der Waals surface area contributed by atoms with E-state index in [4.69, 9.17) is 10.1 Å². The Morgan fingerprint density at radius 2 is 1.67 bits per heavy atom. The Morgan fingerprint density at radius 1 is 0.848 bits per heavy atom. The van der Waals surface area contributed by atoms with Crippen LogP contribution in [0.25, 0.3) is 11.4 Å². The first-order valence-electron chi connectivity index (χ1n) is 12.1. The predicted octanol–water partition coefficient (Wildman–Crippen LogP) is 5.17. The molecule has 0 aliphatic rings. The molecule has 0 atom stereocenters. The van der Waals surface area contributed by atoms with E-state index in [9.17, 15) is 0 Å². The predicted molar refractivity (Wildman–Crippen MR) is 130 cm³/mol. The maximum atomic E-state index is 4.85. The molecule has 0 spiro atoms. The monoisotopic (exact) mass is 443 g/mol. The van der Waals surface area contributed by atoms with Crippen LogP contribution in [-0.2, 0) is 25.8 Å². The van der Waals surface area contributed by atoms with Crippen molar-refractivity contribution in [1.29, 1.82) is 0 Å². The summed E-state index contributed by atoms with van der Waals surface area (Å²) in [7, 11) is 0. The summed E-state index contributed by atoms with van der Waals surface area (Å²) in [6, 6.07) is 17.2. The number of rotatable bonds is 12. The zero-order valence-corrected chi connectivity index (χ0v) is 19.7. The third-order valence-electron chi connectivity index (χ3n) is 5.86. The van der Waals surface area contributed by atoms with Gasteiger partial charge in [-0.1, -0.05) is 75.6 Å². The molecule has 2 heterocycles. The largest absolute Gasteiger partial charge is 0.245 e. The quantitative estimate of drug-likeness (QED) is 0.305. The van der Waals surface area contributed by atoms with Crippen molar-refractivity contribution in [3.63, 3.8) is 0 Å². The number of aromatic amines is 1. The fourth-order valence-corrected chi connectivity index (χ4v) is 3.99. The molecule has 4 aromatic rings. The van der Waals surface area contributed by atoms with Gasteiger partial charge < -0.3 is 0 Å². The second-order valence-corrected chi connectivity index (χ2v) is 8.61. The molecule has 4 rings (SSSR count). The summed E-state index contributed by atoms with van der Waals surface area (Å²) in [5.74, 6) is 2.80. The second-order valence-electron chi connectivity index (χ2n) is 8.61. The molecule has 0 unspecified atom stereocenters. The molecule has 172 valence electrons. The lowest BCUT2D eigenvalue weighted by Crippen LogP contribution is -2.07. The number of H-pyrrole nitrogens is 1. The van der Waals surface area contributed by atoms with Crippen LogP contribution < -0.4 is 0 Å². The number of aryl methyl sites for hydroxylation is 2. The molecule has 33 heavy (non-hydrogen) atoms. The second kappa shape index (κ2) is 11.5. The standard InChI is InChI=1S/C26H33N7/c1-3-5-7-12-25-27-24(11-6-4-2)30-33(25)19-21-15-13-20(14-16-21)17-22-9-8-10-23(18-22)26-28-31-32-29-26/h8-10,13-16,18H,3-7,11-12,17,19H2,1-2H3,(H,28,29,31,32). The molecule has 0 bridgehead atoms. The van der Waals surface area contributed by atoms with Gasteiger partial charge in [-0.2, -0.15) is 5.10 Å². The molecule has 2 aromatic carbocycles. The van der Waals surface area contributed by atoms with E-state index in [1.54, 1.807) is 0 Å². The highest BCUT2D eigenvalue weighted by Gasteiger charge is 2.11. The fraction of sp³-hybridized carbons (Fsp3) is 0.423. The summed E-state index contributed by atoms with van der Waals surface area (Å²) >= 11 is 0. The van der Waals surface area contributed by atoms with E-state index in [0.717, 1.165) is 49.4 Å². The van der Waals surface area contributed by atoms with Crippen LogP contribution in [-0.4, -0.2) is 35.4 Å². The van der Waals surface area contributed by atoms with Gasteiger partial charge in [0, 0.05) is 18.4 Å². The molecule has 0 saturated carbocycles. The normalized spacial score (nSPS) is 11.2. The van der Waals surface area contributed by atoms with Crippen molar-refractivity contribution in [2.45, 2.75) is 71.8 Å². The Bertz CT molecular complexity index is 1110. The summed E-state index contributed by atoms with van der Waals surface area (Å²) in [5, 5.41) is 19.0. The first-order valence-corrected chi connectivity index (χ1v) is 12.1. The Labute approximate surface area is 195 Å². The van der Waals surface area contributed by atoms with Crippen molar-refractivity contribution in [2.75, 3.05) is 0 Å². The van der Waals surface area contributed by atoms with Gasteiger partial charge in [-0.15, -0.1) is 5.10 Å². The molecule has 0 radical (unpaired) electrons. The van der Waals surface area contributed by atoms with E-state index in [0.29, 0.717) is 5.82 Å². The highest BCUT2D eigenvalue weighted by molar-refractivity contribution is 5.55. The SMILES string of the molecule is CCCCCc1nc(CCCC)nn1Cc1ccc(Cc2cccc(-c3nnn[nH]3)c2)cc1. The first-order chi connectivity index (χ1) is 16.2. The van der Waals surface area contributed by atoms with Crippen LogP contribution in [0.3, 0.4) is 0 Å². The fourth-order valence-electron chi connectivity index (χ4n) is 3.99. The van der Waals surface area contributed by atoms with Gasteiger partial charge in [-0.3, -0.25) is 0 Å². The number of benzene rings is 2. The number of hydrogen-bond acceptors (Lipinski definition) is 5. The van der Waals surface area contributed by atoms with Crippen molar-refractivity contribution in [2.24, 2.45) is 0 Å². The van der Waals surface area contributed by atoms with Crippen LogP contribution in [0.4, 0.5) is 0 Å². The Morgan fingerprint density at radius 3 is 2.42 bits per heavy atom. The molecule has 0 aliphatic carbocycles. The van der Waals surface area contributed by atoms with Gasteiger partial charge in [0.1, 0.15) is 5.82 Å². The number of nitrogens with zero attached hydrogens (tertiary/aromatic N) is 6. The molecular weight excluding hydrogens is 410 g/mol. The molecule has 0 amide bonds. The van der Waals surface area contributed by atoms with E-state index < -0.39 is 0 Å². The lowest BCUT2D eigenvalue weighted by atomic mass is 10.0. The zero-order chi connectivity index (χ0) is 22.9. The summed E-state index contributed by atoms with van der Waals surface area (Å²) in [4.78, 5) is 4.85. The van der Waals surface area contributed by atoms with Crippen LogP contribution in [0, 0.1) is 0 Å². The van der Waals surface area contributed by atoms with Crippen molar-refractivity contribution in [1.82, 2.24) is 35.4 Å². The van der Waals surface area contributed by atoms with Crippen LogP contribution in [0.5, 0.6) is 0 Å². The highest BCUT2D eigenvalue weighted by atomic mass is 15.5. The van der Waals surface area contributed by atoms with E-state index in [2.05, 4.69) is 75.6 Å². The van der Waals surface area contributed by atoms with Crippen LogP contribution in [0.15, 0.2) is 48.5 Å². The minimum Gasteiger partial charge on any atom is -0.245 e. The third-order valence-corrected chi connectivity index (χ3v) is 5.86. The maximum absolute atomic E-state index is 4.85. The summed E-state index contributed by atoms with van der Waals surface area (Å²) in [6.45, 7) is 5.22. The first kappa shape index (κ1) is 22.8. The lowest BCUT2D eigenvalue weighted by Gasteiger charge is -2.08. The van der Waals surface area contributed by atoms with Gasteiger partial charge in [-0.25, -0.2) is 14.8 Å². The molecular formula is C26H33N7. The lowest BCUT2D eigenvalue weighted by molar-refractivity contribution is 0.602.